The van der Waals surface area contributed by atoms with Crippen molar-refractivity contribution in [2.24, 2.45) is 0 Å². The molecule has 0 amide bonds. The Balaban J connectivity index is 3.36. The summed E-state index contributed by atoms with van der Waals surface area (Å²) < 4.78 is 29.7. The zero-order valence-electron chi connectivity index (χ0n) is 11.8. The first-order chi connectivity index (χ1) is 8.07. The van der Waals surface area contributed by atoms with Gasteiger partial charge in [0.25, 0.3) is 0 Å². The van der Waals surface area contributed by atoms with Crippen molar-refractivity contribution in [3.05, 3.63) is 23.8 Å². The van der Waals surface area contributed by atoms with Gasteiger partial charge in [0.1, 0.15) is 5.75 Å². The first-order valence-electron chi connectivity index (χ1n) is 5.70. The molecule has 1 aromatic rings. The van der Waals surface area contributed by atoms with Gasteiger partial charge in [-0.2, -0.15) is 0 Å². The predicted octanol–water partition coefficient (Wildman–Crippen LogP) is 2.39. The number of hydrogen-bond donors (Lipinski definition) is 0. The maximum atomic E-state index is 11.5. The summed E-state index contributed by atoms with van der Waals surface area (Å²) in [5, 5.41) is 0. The molecule has 0 unspecified atom stereocenters. The Bertz CT molecular complexity index is 530. The fourth-order valence-corrected chi connectivity index (χ4v) is 2.17. The molecule has 0 aliphatic heterocycles. The lowest BCUT2D eigenvalue weighted by Gasteiger charge is -2.25. The summed E-state index contributed by atoms with van der Waals surface area (Å²) in [4.78, 5) is 0. The molecule has 0 fully saturated rings. The number of benzene rings is 1. The van der Waals surface area contributed by atoms with Gasteiger partial charge in [-0.25, -0.2) is 8.42 Å². The number of anilines is 1. The lowest BCUT2D eigenvalue weighted by atomic mass is 9.86. The second-order valence-electron chi connectivity index (χ2n) is 5.37. The van der Waals surface area contributed by atoms with Crippen molar-refractivity contribution in [3.8, 4) is 5.75 Å². The Morgan fingerprint density at radius 1 is 1.22 bits per heavy atom. The highest BCUT2D eigenvalue weighted by Gasteiger charge is 2.21. The summed E-state index contributed by atoms with van der Waals surface area (Å²) in [6.45, 7) is 6.19. The van der Waals surface area contributed by atoms with Crippen LogP contribution in [0.1, 0.15) is 26.3 Å². The molecule has 1 rings (SSSR count). The minimum atomic E-state index is -3.25. The number of hydrogen-bond acceptors (Lipinski definition) is 3. The van der Waals surface area contributed by atoms with Crippen LogP contribution in [0.4, 0.5) is 5.69 Å². The molecule has 0 saturated heterocycles. The van der Waals surface area contributed by atoms with E-state index in [1.165, 1.54) is 10.6 Å². The molecule has 0 spiro atoms. The average molecular weight is 271 g/mol. The second kappa shape index (κ2) is 4.80. The third-order valence-corrected chi connectivity index (χ3v) is 4.06. The highest BCUT2D eigenvalue weighted by molar-refractivity contribution is 7.92. The summed E-state index contributed by atoms with van der Waals surface area (Å²) in [5.74, 6) is 0.771. The van der Waals surface area contributed by atoms with Crippen molar-refractivity contribution >= 4 is 15.7 Å². The van der Waals surface area contributed by atoms with E-state index in [9.17, 15) is 8.42 Å². The van der Waals surface area contributed by atoms with Crippen molar-refractivity contribution in [1.29, 1.82) is 0 Å². The molecule has 0 saturated carbocycles. The van der Waals surface area contributed by atoms with E-state index in [0.717, 1.165) is 11.3 Å². The lowest BCUT2D eigenvalue weighted by Crippen LogP contribution is -2.25. The molecule has 0 aromatic heterocycles. The van der Waals surface area contributed by atoms with Gasteiger partial charge in [0, 0.05) is 12.6 Å². The van der Waals surface area contributed by atoms with Crippen LogP contribution < -0.4 is 9.04 Å². The molecule has 1 aromatic carbocycles. The van der Waals surface area contributed by atoms with Gasteiger partial charge in [-0.3, -0.25) is 4.31 Å². The predicted molar refractivity (Wildman–Crippen MR) is 74.9 cm³/mol. The maximum Gasteiger partial charge on any atom is 0.231 e. The SMILES string of the molecule is COc1ccc(N(C)S(C)(=O)=O)cc1C(C)(C)C. The van der Waals surface area contributed by atoms with E-state index in [0.29, 0.717) is 5.69 Å². The maximum absolute atomic E-state index is 11.5. The van der Waals surface area contributed by atoms with E-state index in [2.05, 4.69) is 20.8 Å². The van der Waals surface area contributed by atoms with Gasteiger partial charge in [-0.15, -0.1) is 0 Å². The first kappa shape index (κ1) is 14.8. The van der Waals surface area contributed by atoms with E-state index in [4.69, 9.17) is 4.74 Å². The molecule has 0 radical (unpaired) electrons. The van der Waals surface area contributed by atoms with Crippen LogP contribution in [-0.4, -0.2) is 28.8 Å². The Labute approximate surface area is 110 Å². The van der Waals surface area contributed by atoms with Crippen LogP contribution in [0.15, 0.2) is 18.2 Å². The topological polar surface area (TPSA) is 46.6 Å². The average Bonchev–Trinajstić information content (AvgIpc) is 2.24. The van der Waals surface area contributed by atoms with E-state index in [1.54, 1.807) is 26.3 Å². The smallest absolute Gasteiger partial charge is 0.231 e. The largest absolute Gasteiger partial charge is 0.496 e. The van der Waals surface area contributed by atoms with Gasteiger partial charge in [0.2, 0.25) is 10.0 Å². The second-order valence-corrected chi connectivity index (χ2v) is 7.38. The number of sulfonamides is 1. The van der Waals surface area contributed by atoms with Gasteiger partial charge in [0.15, 0.2) is 0 Å². The molecular formula is C13H21NO3S. The summed E-state index contributed by atoms with van der Waals surface area (Å²) in [5.41, 5.74) is 1.51. The minimum absolute atomic E-state index is 0.111. The molecule has 0 aliphatic rings. The molecule has 0 bridgehead atoms. The monoisotopic (exact) mass is 271 g/mol. The number of nitrogens with zero attached hydrogens (tertiary/aromatic N) is 1. The van der Waals surface area contributed by atoms with Crippen molar-refractivity contribution in [1.82, 2.24) is 0 Å². The van der Waals surface area contributed by atoms with Gasteiger partial charge in [-0.05, 0) is 23.6 Å². The van der Waals surface area contributed by atoms with Crippen molar-refractivity contribution in [2.45, 2.75) is 26.2 Å². The molecule has 102 valence electrons. The zero-order valence-corrected chi connectivity index (χ0v) is 12.6. The third-order valence-electron chi connectivity index (χ3n) is 2.85. The minimum Gasteiger partial charge on any atom is -0.496 e. The van der Waals surface area contributed by atoms with E-state index >= 15 is 0 Å². The van der Waals surface area contributed by atoms with E-state index in [-0.39, 0.29) is 5.41 Å². The number of rotatable bonds is 3. The zero-order chi connectivity index (χ0) is 14.1. The van der Waals surface area contributed by atoms with E-state index in [1.807, 2.05) is 6.07 Å². The van der Waals surface area contributed by atoms with Gasteiger partial charge in [-0.1, -0.05) is 20.8 Å². The third kappa shape index (κ3) is 3.16. The summed E-state index contributed by atoms with van der Waals surface area (Å²) in [6.07, 6.45) is 1.19. The normalized spacial score (nSPS) is 12.3. The van der Waals surface area contributed by atoms with Crippen LogP contribution in [0.3, 0.4) is 0 Å². The number of methoxy groups -OCH3 is 1. The molecule has 18 heavy (non-hydrogen) atoms. The Kier molecular flexibility index (Phi) is 3.96. The van der Waals surface area contributed by atoms with Crippen molar-refractivity contribution in [2.75, 3.05) is 24.7 Å². The van der Waals surface area contributed by atoms with Crippen LogP contribution in [0.2, 0.25) is 0 Å². The Morgan fingerprint density at radius 3 is 2.17 bits per heavy atom. The summed E-state index contributed by atoms with van der Waals surface area (Å²) >= 11 is 0. The fraction of sp³-hybridized carbons (Fsp3) is 0.538. The molecule has 5 heteroatoms. The highest BCUT2D eigenvalue weighted by atomic mass is 32.2. The quantitative estimate of drug-likeness (QED) is 0.848. The molecule has 0 atom stereocenters. The standard InChI is InChI=1S/C13H21NO3S/c1-13(2,3)11-9-10(7-8-12(11)17-5)14(4)18(6,15)16/h7-9H,1-6H3. The molecule has 0 aliphatic carbocycles. The molecule has 4 nitrogen and oxygen atoms in total. The Hall–Kier alpha value is -1.23. The summed E-state index contributed by atoms with van der Waals surface area (Å²) in [7, 11) is -0.0844. The van der Waals surface area contributed by atoms with Gasteiger partial charge in [0.05, 0.1) is 19.1 Å². The van der Waals surface area contributed by atoms with Crippen LogP contribution in [0.5, 0.6) is 5.75 Å². The molecular weight excluding hydrogens is 250 g/mol. The molecule has 0 heterocycles. The fourth-order valence-electron chi connectivity index (χ4n) is 1.67. The molecule has 0 N–H and O–H groups in total. The van der Waals surface area contributed by atoms with Crippen molar-refractivity contribution in [3.63, 3.8) is 0 Å². The van der Waals surface area contributed by atoms with Crippen LogP contribution in [-0.2, 0) is 15.4 Å². The summed E-state index contributed by atoms with van der Waals surface area (Å²) in [6, 6.07) is 5.41. The van der Waals surface area contributed by atoms with E-state index < -0.39 is 10.0 Å². The Morgan fingerprint density at radius 2 is 1.78 bits per heavy atom. The van der Waals surface area contributed by atoms with Gasteiger partial charge < -0.3 is 4.74 Å². The van der Waals surface area contributed by atoms with Crippen LogP contribution >= 0.6 is 0 Å². The van der Waals surface area contributed by atoms with Crippen LogP contribution in [0, 0.1) is 0 Å². The lowest BCUT2D eigenvalue weighted by molar-refractivity contribution is 0.397. The van der Waals surface area contributed by atoms with Crippen LogP contribution in [0.25, 0.3) is 0 Å². The first-order valence-corrected chi connectivity index (χ1v) is 7.54. The van der Waals surface area contributed by atoms with Crippen molar-refractivity contribution < 1.29 is 13.2 Å². The number of ether oxygens (including phenoxy) is 1. The highest BCUT2D eigenvalue weighted by Crippen LogP contribution is 2.34. The van der Waals surface area contributed by atoms with Gasteiger partial charge >= 0.3 is 0 Å².